The number of allylic oxidation sites excluding steroid dienone is 1. The van der Waals surface area contributed by atoms with E-state index in [4.69, 9.17) is 18.9 Å². The molecule has 0 radical (unpaired) electrons. The summed E-state index contributed by atoms with van der Waals surface area (Å²) in [7, 11) is 0. The zero-order chi connectivity index (χ0) is 43.4. The van der Waals surface area contributed by atoms with Crippen molar-refractivity contribution in [1.29, 1.82) is 0 Å². The first kappa shape index (κ1) is 48.5. The molecule has 4 rings (SSSR count). The molecule has 1 aromatic rings. The molecule has 0 aliphatic carbocycles. The van der Waals surface area contributed by atoms with Crippen molar-refractivity contribution in [3.63, 3.8) is 0 Å². The molecule has 0 unspecified atom stereocenters. The van der Waals surface area contributed by atoms with Crippen LogP contribution in [0.3, 0.4) is 0 Å². The lowest BCUT2D eigenvalue weighted by molar-refractivity contribution is -0.346. The number of carbonyl (C=O) groups is 2. The zero-order valence-corrected chi connectivity index (χ0v) is 33.8. The van der Waals surface area contributed by atoms with Crippen molar-refractivity contribution in [2.45, 2.75) is 183 Å². The second-order valence-corrected chi connectivity index (χ2v) is 16.1. The Labute approximate surface area is 342 Å². The fourth-order valence-corrected chi connectivity index (χ4v) is 7.63. The monoisotopic (exact) mass is 844 g/mol. The molecule has 0 saturated carbocycles. The van der Waals surface area contributed by atoms with Gasteiger partial charge in [0.15, 0.2) is 18.8 Å². The van der Waals surface area contributed by atoms with Crippen molar-refractivity contribution in [2.75, 3.05) is 6.61 Å². The zero-order valence-electron chi connectivity index (χ0n) is 33.8. The molecule has 59 heavy (non-hydrogen) atoms. The smallest absolute Gasteiger partial charge is 0.330 e. The van der Waals surface area contributed by atoms with Crippen LogP contribution < -0.4 is 21.9 Å². The number of rotatable bonds is 21. The van der Waals surface area contributed by atoms with E-state index in [-0.39, 0.29) is 0 Å². The molecule has 4 heterocycles. The van der Waals surface area contributed by atoms with Crippen LogP contribution in [-0.4, -0.2) is 155 Å². The van der Waals surface area contributed by atoms with Gasteiger partial charge in [-0.3, -0.25) is 23.9 Å². The van der Waals surface area contributed by atoms with E-state index >= 15 is 0 Å². The van der Waals surface area contributed by atoms with Gasteiger partial charge in [-0.1, -0.05) is 71.3 Å². The first-order chi connectivity index (χ1) is 28.0. The molecule has 336 valence electrons. The topological polar surface area (TPSA) is 312 Å². The van der Waals surface area contributed by atoms with Crippen molar-refractivity contribution in [1.82, 2.24) is 20.2 Å². The molecule has 11 N–H and O–H groups in total. The van der Waals surface area contributed by atoms with Gasteiger partial charge in [0, 0.05) is 25.6 Å². The number of hydrogen-bond acceptors (Lipinski definition) is 16. The Hall–Kier alpha value is -3.12. The summed E-state index contributed by atoms with van der Waals surface area (Å²) in [6.07, 6.45) is -7.65. The summed E-state index contributed by atoms with van der Waals surface area (Å²) in [6, 6.07) is -2.01. The van der Waals surface area contributed by atoms with Gasteiger partial charge < -0.3 is 70.4 Å². The SMILES string of the molecule is CC(=O)N[C@H]1[C@@H](O[C@@H]2O[C@@H](C[C@@H](O)[C@H]3O[C@@H](n4ccc(=O)[nH]c4=O)[C@H](O)[C@@H]3O)[C@H](O)[C@H](O)[C@H]2NC(=O)/C=C/CCCCCCCCCCC(C)C)O[C@H](CO)[C@@H](O)[C@@H]1O. The van der Waals surface area contributed by atoms with Crippen LogP contribution >= 0.6 is 0 Å². The summed E-state index contributed by atoms with van der Waals surface area (Å²) in [5.74, 6) is -0.621. The maximum absolute atomic E-state index is 13.1. The third-order valence-corrected chi connectivity index (χ3v) is 11.0. The van der Waals surface area contributed by atoms with Crippen LogP contribution in [0.25, 0.3) is 0 Å². The summed E-state index contributed by atoms with van der Waals surface area (Å²) in [5.41, 5.74) is -1.68. The minimum absolute atomic E-state index is 0.597. The predicted octanol–water partition coefficient (Wildman–Crippen LogP) is -2.09. The number of aliphatic hydroxyl groups excluding tert-OH is 8. The summed E-state index contributed by atoms with van der Waals surface area (Å²) in [4.78, 5) is 51.1. The minimum Gasteiger partial charge on any atom is -0.394 e. The van der Waals surface area contributed by atoms with Crippen LogP contribution in [0.15, 0.2) is 34.0 Å². The van der Waals surface area contributed by atoms with E-state index < -0.39 is 128 Å². The molecular weight excluding hydrogens is 780 g/mol. The number of amides is 2. The maximum Gasteiger partial charge on any atom is 0.330 e. The normalized spacial score (nSPS) is 34.3. The first-order valence-electron chi connectivity index (χ1n) is 20.6. The molecule has 2 amide bonds. The molecule has 3 aliphatic rings. The van der Waals surface area contributed by atoms with Gasteiger partial charge in [0.05, 0.1) is 18.8 Å². The molecule has 1 aromatic heterocycles. The number of ether oxygens (including phenoxy) is 4. The van der Waals surface area contributed by atoms with Crippen molar-refractivity contribution in [2.24, 2.45) is 5.92 Å². The highest BCUT2D eigenvalue weighted by Crippen LogP contribution is 2.34. The van der Waals surface area contributed by atoms with E-state index in [0.717, 1.165) is 55.4 Å². The van der Waals surface area contributed by atoms with Crippen LogP contribution in [-0.2, 0) is 28.5 Å². The summed E-state index contributed by atoms with van der Waals surface area (Å²) >= 11 is 0. The van der Waals surface area contributed by atoms with Gasteiger partial charge in [0.2, 0.25) is 11.8 Å². The molecule has 0 aromatic carbocycles. The first-order valence-corrected chi connectivity index (χ1v) is 20.6. The van der Waals surface area contributed by atoms with Gasteiger partial charge in [-0.05, 0) is 24.8 Å². The Morgan fingerprint density at radius 3 is 1.98 bits per heavy atom. The second-order valence-electron chi connectivity index (χ2n) is 16.1. The minimum atomic E-state index is -1.85. The highest BCUT2D eigenvalue weighted by atomic mass is 16.8. The van der Waals surface area contributed by atoms with Gasteiger partial charge in [0.1, 0.15) is 60.9 Å². The Kier molecular flexibility index (Phi) is 19.1. The standard InChI is InChI=1S/C39H64N4O16/c1-20(2)14-12-10-8-6-4-5-7-9-11-13-15-25(47)41-28-32(52)29(49)23(56-38(28)59-37-27(40-21(3)45)31(51)30(50)24(19-44)57-37)18-22(46)35-33(53)34(54)36(58-35)43-17-16-26(48)42-39(43)55/h13,15-17,20,22-24,27-38,44,46,49-54H,4-12,14,18-19H2,1-3H3,(H,40,45)(H,41,47)(H,42,48,55)/b15-13+/t22-,23+,24-,27-,28-,29+,30-,31-,32-,33+,34-,35-,36-,37-,38+/m1/s1. The molecule has 15 atom stereocenters. The lowest BCUT2D eigenvalue weighted by Gasteiger charge is -2.47. The number of hydrogen-bond donors (Lipinski definition) is 11. The average Bonchev–Trinajstić information content (AvgIpc) is 3.47. The highest BCUT2D eigenvalue weighted by Gasteiger charge is 2.53. The number of nitrogens with one attached hydrogen (secondary N) is 3. The third kappa shape index (κ3) is 13.4. The number of H-pyrrole nitrogens is 1. The Morgan fingerprint density at radius 2 is 1.39 bits per heavy atom. The van der Waals surface area contributed by atoms with Crippen LogP contribution in [0.5, 0.6) is 0 Å². The van der Waals surface area contributed by atoms with Crippen LogP contribution in [0.1, 0.15) is 97.6 Å². The maximum atomic E-state index is 13.1. The van der Waals surface area contributed by atoms with Gasteiger partial charge in [0.25, 0.3) is 5.56 Å². The Bertz CT molecular complexity index is 1610. The summed E-state index contributed by atoms with van der Waals surface area (Å²) in [6.45, 7) is 4.81. The van der Waals surface area contributed by atoms with E-state index in [1.54, 1.807) is 6.08 Å². The van der Waals surface area contributed by atoms with E-state index in [1.165, 1.54) is 38.2 Å². The number of nitrogens with zero attached hydrogens (tertiary/aromatic N) is 1. The number of aromatic amines is 1. The van der Waals surface area contributed by atoms with Crippen molar-refractivity contribution >= 4 is 11.8 Å². The number of carbonyl (C=O) groups excluding carboxylic acids is 2. The van der Waals surface area contributed by atoms with Crippen LogP contribution in [0, 0.1) is 5.92 Å². The van der Waals surface area contributed by atoms with Crippen molar-refractivity contribution in [3.05, 3.63) is 45.3 Å². The lowest BCUT2D eigenvalue weighted by atomic mass is 9.91. The van der Waals surface area contributed by atoms with Gasteiger partial charge >= 0.3 is 5.69 Å². The highest BCUT2D eigenvalue weighted by molar-refractivity contribution is 5.87. The molecule has 20 heteroatoms. The molecular formula is C39H64N4O16. The molecule has 3 fully saturated rings. The van der Waals surface area contributed by atoms with E-state index in [0.29, 0.717) is 6.42 Å². The predicted molar refractivity (Wildman–Crippen MR) is 207 cm³/mol. The lowest BCUT2D eigenvalue weighted by Crippen LogP contribution is -2.68. The van der Waals surface area contributed by atoms with E-state index in [9.17, 15) is 60.0 Å². The number of unbranched alkanes of at least 4 members (excludes halogenated alkanes) is 8. The van der Waals surface area contributed by atoms with E-state index in [1.807, 2.05) is 4.98 Å². The second kappa shape index (κ2) is 23.2. The average molecular weight is 845 g/mol. The van der Waals surface area contributed by atoms with Gasteiger partial charge in [-0.15, -0.1) is 0 Å². The largest absolute Gasteiger partial charge is 0.394 e. The Morgan fingerprint density at radius 1 is 0.814 bits per heavy atom. The van der Waals surface area contributed by atoms with Crippen LogP contribution in [0.2, 0.25) is 0 Å². The fraction of sp³-hybridized carbons (Fsp3) is 0.795. The van der Waals surface area contributed by atoms with Gasteiger partial charge in [-0.25, -0.2) is 4.79 Å². The number of aromatic nitrogens is 2. The molecule has 20 nitrogen and oxygen atoms in total. The fourth-order valence-electron chi connectivity index (χ4n) is 7.63. The number of aliphatic hydroxyl groups is 8. The molecule has 3 aliphatic heterocycles. The molecule has 3 saturated heterocycles. The quantitative estimate of drug-likeness (QED) is 0.0467. The van der Waals surface area contributed by atoms with Gasteiger partial charge in [-0.2, -0.15) is 0 Å². The van der Waals surface area contributed by atoms with Crippen molar-refractivity contribution < 1.29 is 69.4 Å². The third-order valence-electron chi connectivity index (χ3n) is 11.0. The summed E-state index contributed by atoms with van der Waals surface area (Å²) in [5, 5.41) is 91.4. The molecule has 0 bridgehead atoms. The van der Waals surface area contributed by atoms with Crippen molar-refractivity contribution in [3.8, 4) is 0 Å². The van der Waals surface area contributed by atoms with E-state index in [2.05, 4.69) is 24.5 Å². The molecule has 0 spiro atoms. The summed E-state index contributed by atoms with van der Waals surface area (Å²) < 4.78 is 24.1. The van der Waals surface area contributed by atoms with Crippen LogP contribution in [0.4, 0.5) is 0 Å². The Balaban J connectivity index is 1.44.